The van der Waals surface area contributed by atoms with Crippen LogP contribution in [0.3, 0.4) is 0 Å². The Kier molecular flexibility index (Phi) is 8.55. The third kappa shape index (κ3) is 6.39. The highest BCUT2D eigenvalue weighted by atomic mass is 32.2. The Balaban J connectivity index is 1.42. The quantitative estimate of drug-likeness (QED) is 0.385. The van der Waals surface area contributed by atoms with Crippen molar-refractivity contribution < 1.29 is 14.4 Å². The summed E-state index contributed by atoms with van der Waals surface area (Å²) in [7, 11) is 0. The maximum absolute atomic E-state index is 13.1. The molecule has 0 saturated heterocycles. The van der Waals surface area contributed by atoms with Crippen LogP contribution in [0.25, 0.3) is 0 Å². The van der Waals surface area contributed by atoms with Crippen molar-refractivity contribution in [2.24, 2.45) is 10.8 Å². The van der Waals surface area contributed by atoms with Crippen molar-refractivity contribution in [1.29, 1.82) is 0 Å². The fourth-order valence-corrected chi connectivity index (χ4v) is 6.28. The van der Waals surface area contributed by atoms with Crippen LogP contribution in [0.1, 0.15) is 83.6 Å². The van der Waals surface area contributed by atoms with Crippen LogP contribution in [0.4, 0.5) is 11.4 Å². The molecule has 2 aliphatic rings. The molecular formula is C30H38N2O3S. The predicted octanol–water partition coefficient (Wildman–Crippen LogP) is 7.37. The molecule has 4 rings (SSSR count). The lowest BCUT2D eigenvalue weighted by atomic mass is 9.75. The van der Waals surface area contributed by atoms with Crippen LogP contribution >= 0.6 is 11.8 Å². The fourth-order valence-electron chi connectivity index (χ4n) is 5.43. The maximum Gasteiger partial charge on any atom is 0.230 e. The molecule has 0 bridgehead atoms. The third-order valence-electron chi connectivity index (χ3n) is 7.97. The molecule has 2 saturated carbocycles. The van der Waals surface area contributed by atoms with Crippen LogP contribution in [-0.4, -0.2) is 16.9 Å². The Hall–Kier alpha value is -2.60. The maximum atomic E-state index is 13.1. The number of para-hydroxylation sites is 2. The van der Waals surface area contributed by atoms with E-state index in [0.29, 0.717) is 11.4 Å². The molecule has 0 aliphatic heterocycles. The normalized spacial score (nSPS) is 18.7. The van der Waals surface area contributed by atoms with Gasteiger partial charge in [0.1, 0.15) is 0 Å². The van der Waals surface area contributed by atoms with Crippen LogP contribution in [0.5, 0.6) is 0 Å². The van der Waals surface area contributed by atoms with E-state index >= 15 is 0 Å². The lowest BCUT2D eigenvalue weighted by Crippen LogP contribution is -2.35. The van der Waals surface area contributed by atoms with Gasteiger partial charge in [-0.2, -0.15) is 0 Å². The van der Waals surface area contributed by atoms with E-state index in [0.717, 1.165) is 73.6 Å². The molecule has 192 valence electrons. The SMILES string of the molecule is CC1(C(=O)Nc2ccccc2CC(=O)Sc2ccccc2NC(=O)C2(C)CCCCC2)CCCCC1. The zero-order chi connectivity index (χ0) is 25.6. The highest BCUT2D eigenvalue weighted by molar-refractivity contribution is 8.13. The molecule has 0 heterocycles. The molecular weight excluding hydrogens is 468 g/mol. The van der Waals surface area contributed by atoms with E-state index in [2.05, 4.69) is 10.6 Å². The van der Waals surface area contributed by atoms with E-state index in [1.807, 2.05) is 62.4 Å². The molecule has 0 aromatic heterocycles. The summed E-state index contributed by atoms with van der Waals surface area (Å²) in [5.74, 6) is 0.0750. The second kappa shape index (κ2) is 11.6. The van der Waals surface area contributed by atoms with Gasteiger partial charge in [-0.05, 0) is 61.2 Å². The second-order valence-corrected chi connectivity index (χ2v) is 12.1. The van der Waals surface area contributed by atoms with E-state index in [9.17, 15) is 14.4 Å². The number of rotatable bonds is 7. The van der Waals surface area contributed by atoms with E-state index in [-0.39, 0.29) is 34.2 Å². The van der Waals surface area contributed by atoms with Crippen molar-refractivity contribution in [2.75, 3.05) is 10.6 Å². The molecule has 2 amide bonds. The van der Waals surface area contributed by atoms with Gasteiger partial charge in [0, 0.05) is 27.8 Å². The first-order valence-electron chi connectivity index (χ1n) is 13.3. The molecule has 0 radical (unpaired) electrons. The van der Waals surface area contributed by atoms with Crippen LogP contribution in [0.15, 0.2) is 53.4 Å². The zero-order valence-corrected chi connectivity index (χ0v) is 22.3. The Labute approximate surface area is 219 Å². The Morgan fingerprint density at radius 3 is 1.75 bits per heavy atom. The zero-order valence-electron chi connectivity index (χ0n) is 21.5. The summed E-state index contributed by atoms with van der Waals surface area (Å²) in [5, 5.41) is 6.17. The van der Waals surface area contributed by atoms with Crippen LogP contribution in [0.2, 0.25) is 0 Å². The van der Waals surface area contributed by atoms with Crippen LogP contribution < -0.4 is 10.6 Å². The molecule has 5 nitrogen and oxygen atoms in total. The summed E-state index contributed by atoms with van der Waals surface area (Å²) in [6.45, 7) is 4.09. The van der Waals surface area contributed by atoms with Gasteiger partial charge in [-0.25, -0.2) is 0 Å². The Morgan fingerprint density at radius 1 is 0.694 bits per heavy atom. The summed E-state index contributed by atoms with van der Waals surface area (Å²) in [6, 6.07) is 15.0. The smallest absolute Gasteiger partial charge is 0.230 e. The van der Waals surface area contributed by atoms with Gasteiger partial charge in [0.2, 0.25) is 11.8 Å². The summed E-state index contributed by atoms with van der Waals surface area (Å²) < 4.78 is 0. The minimum atomic E-state index is -0.355. The lowest BCUT2D eigenvalue weighted by Gasteiger charge is -2.32. The summed E-state index contributed by atoms with van der Waals surface area (Å²) in [5.41, 5.74) is 1.48. The first-order valence-corrected chi connectivity index (χ1v) is 14.1. The molecule has 36 heavy (non-hydrogen) atoms. The van der Waals surface area contributed by atoms with E-state index in [4.69, 9.17) is 0 Å². The monoisotopic (exact) mass is 506 g/mol. The minimum absolute atomic E-state index is 0.0342. The Morgan fingerprint density at radius 2 is 1.17 bits per heavy atom. The Bertz CT molecular complexity index is 1020. The average molecular weight is 507 g/mol. The largest absolute Gasteiger partial charge is 0.325 e. The van der Waals surface area contributed by atoms with Gasteiger partial charge in [0.15, 0.2) is 5.12 Å². The molecule has 2 N–H and O–H groups in total. The van der Waals surface area contributed by atoms with Gasteiger partial charge in [-0.15, -0.1) is 0 Å². The van der Waals surface area contributed by atoms with Gasteiger partial charge in [0.05, 0.1) is 5.69 Å². The number of hydrogen-bond donors (Lipinski definition) is 2. The highest BCUT2D eigenvalue weighted by Crippen LogP contribution is 2.39. The molecule has 2 aliphatic carbocycles. The number of carbonyl (C=O) groups excluding carboxylic acids is 3. The summed E-state index contributed by atoms with van der Waals surface area (Å²) in [4.78, 5) is 40.0. The lowest BCUT2D eigenvalue weighted by molar-refractivity contribution is -0.127. The molecule has 6 heteroatoms. The van der Waals surface area contributed by atoms with Crippen molar-refractivity contribution in [1.82, 2.24) is 0 Å². The number of thioether (sulfide) groups is 1. The highest BCUT2D eigenvalue weighted by Gasteiger charge is 2.36. The molecule has 0 spiro atoms. The van der Waals surface area contributed by atoms with Gasteiger partial charge in [0.25, 0.3) is 0 Å². The molecule has 0 unspecified atom stereocenters. The molecule has 0 atom stereocenters. The standard InChI is InChI=1S/C30H38N2O3S/c1-29(17-9-3-10-18-29)27(34)31-23-14-6-5-13-22(23)21-26(33)36-25-16-8-7-15-24(25)32-28(35)30(2)19-11-4-12-20-30/h5-8,13-16H,3-4,9-12,17-21H2,1-2H3,(H,31,34)(H,32,35). The number of amides is 2. The van der Waals surface area contributed by atoms with E-state index < -0.39 is 0 Å². The van der Waals surface area contributed by atoms with Gasteiger partial charge in [-0.3, -0.25) is 14.4 Å². The summed E-state index contributed by atoms with van der Waals surface area (Å²) in [6.07, 6.45) is 10.5. The van der Waals surface area contributed by atoms with Crippen LogP contribution in [-0.2, 0) is 20.8 Å². The van der Waals surface area contributed by atoms with Crippen molar-refractivity contribution in [3.63, 3.8) is 0 Å². The van der Waals surface area contributed by atoms with Crippen molar-refractivity contribution in [2.45, 2.75) is 89.4 Å². The average Bonchev–Trinajstić information content (AvgIpc) is 2.87. The van der Waals surface area contributed by atoms with Crippen molar-refractivity contribution in [3.05, 3.63) is 54.1 Å². The van der Waals surface area contributed by atoms with Crippen LogP contribution in [0, 0.1) is 10.8 Å². The third-order valence-corrected chi connectivity index (χ3v) is 8.92. The first kappa shape index (κ1) is 26.5. The predicted molar refractivity (Wildman–Crippen MR) is 147 cm³/mol. The molecule has 2 fully saturated rings. The first-order chi connectivity index (χ1) is 17.3. The second-order valence-electron chi connectivity index (χ2n) is 11.0. The summed E-state index contributed by atoms with van der Waals surface area (Å²) >= 11 is 1.14. The molecule has 2 aromatic carbocycles. The van der Waals surface area contributed by atoms with Gasteiger partial charge in [-0.1, -0.05) is 82.7 Å². The van der Waals surface area contributed by atoms with Gasteiger partial charge < -0.3 is 10.6 Å². The topological polar surface area (TPSA) is 75.3 Å². The number of nitrogens with one attached hydrogen (secondary N) is 2. The van der Waals surface area contributed by atoms with Crippen molar-refractivity contribution in [3.8, 4) is 0 Å². The number of benzene rings is 2. The van der Waals surface area contributed by atoms with Gasteiger partial charge >= 0.3 is 0 Å². The fraction of sp³-hybridized carbons (Fsp3) is 0.500. The van der Waals surface area contributed by atoms with E-state index in [1.54, 1.807) is 0 Å². The number of anilines is 2. The molecule has 2 aromatic rings. The number of hydrogen-bond acceptors (Lipinski definition) is 4. The van der Waals surface area contributed by atoms with Crippen molar-refractivity contribution >= 4 is 40.1 Å². The minimum Gasteiger partial charge on any atom is -0.325 e. The van der Waals surface area contributed by atoms with E-state index in [1.165, 1.54) is 12.8 Å². The number of carbonyl (C=O) groups is 3.